The van der Waals surface area contributed by atoms with Gasteiger partial charge in [-0.15, -0.1) is 0 Å². The van der Waals surface area contributed by atoms with Gasteiger partial charge in [0.15, 0.2) is 5.96 Å². The summed E-state index contributed by atoms with van der Waals surface area (Å²) in [5.74, 6) is 1.67. The average molecular weight is 380 g/mol. The molecule has 2 N–H and O–H groups in total. The molecule has 6 heteroatoms. The molecular formula is C12H15ClIN3O. The van der Waals surface area contributed by atoms with Crippen LogP contribution in [0.1, 0.15) is 12.5 Å². The highest BCUT2D eigenvalue weighted by molar-refractivity contribution is 14.1. The molecule has 0 aromatic heterocycles. The van der Waals surface area contributed by atoms with Crippen molar-refractivity contribution < 1.29 is 4.74 Å². The maximum atomic E-state index is 6.12. The second kappa shape index (κ2) is 5.97. The molecule has 0 amide bonds. The van der Waals surface area contributed by atoms with Gasteiger partial charge in [-0.2, -0.15) is 0 Å². The van der Waals surface area contributed by atoms with Crippen molar-refractivity contribution in [3.05, 3.63) is 26.3 Å². The Kier molecular flexibility index (Phi) is 4.55. The van der Waals surface area contributed by atoms with E-state index in [0.717, 1.165) is 32.4 Å². The third-order valence-electron chi connectivity index (χ3n) is 2.68. The zero-order chi connectivity index (χ0) is 13.1. The number of aliphatic imine (C=N–C) groups is 1. The number of nitrogens with zero attached hydrogens (tertiary/aromatic N) is 1. The van der Waals surface area contributed by atoms with Gasteiger partial charge in [-0.25, -0.2) is 0 Å². The predicted octanol–water partition coefficient (Wildman–Crippen LogP) is 2.39. The molecule has 0 spiro atoms. The molecule has 0 saturated heterocycles. The van der Waals surface area contributed by atoms with Gasteiger partial charge >= 0.3 is 0 Å². The van der Waals surface area contributed by atoms with Crippen molar-refractivity contribution in [2.45, 2.75) is 19.5 Å². The highest BCUT2D eigenvalue weighted by Gasteiger charge is 2.13. The van der Waals surface area contributed by atoms with E-state index in [1.807, 2.05) is 12.1 Å². The maximum Gasteiger partial charge on any atom is 0.191 e. The zero-order valence-corrected chi connectivity index (χ0v) is 13.2. The molecule has 1 heterocycles. The van der Waals surface area contributed by atoms with Crippen molar-refractivity contribution in [2.75, 3.05) is 13.7 Å². The lowest BCUT2D eigenvalue weighted by Crippen LogP contribution is -2.37. The molecule has 1 unspecified atom stereocenters. The fraction of sp³-hybridized carbons (Fsp3) is 0.417. The minimum Gasteiger partial charge on any atom is -0.496 e. The first kappa shape index (κ1) is 13.7. The molecule has 0 radical (unpaired) electrons. The number of methoxy groups -OCH3 is 1. The molecule has 1 aromatic rings. The van der Waals surface area contributed by atoms with Crippen LogP contribution in [0, 0.1) is 3.57 Å². The van der Waals surface area contributed by atoms with Crippen LogP contribution >= 0.6 is 34.2 Å². The third kappa shape index (κ3) is 3.20. The van der Waals surface area contributed by atoms with Crippen LogP contribution in [0.3, 0.4) is 0 Å². The SMILES string of the molecule is COc1cc(I)c(Cl)cc1CNC1=NCC(C)N1. The van der Waals surface area contributed by atoms with Crippen molar-refractivity contribution in [1.29, 1.82) is 0 Å². The van der Waals surface area contributed by atoms with Gasteiger partial charge in [0, 0.05) is 21.7 Å². The summed E-state index contributed by atoms with van der Waals surface area (Å²) in [6, 6.07) is 4.26. The summed E-state index contributed by atoms with van der Waals surface area (Å²) < 4.78 is 6.34. The lowest BCUT2D eigenvalue weighted by atomic mass is 10.2. The van der Waals surface area contributed by atoms with Crippen LogP contribution in [0.15, 0.2) is 17.1 Å². The number of guanidine groups is 1. The van der Waals surface area contributed by atoms with Gasteiger partial charge in [-0.1, -0.05) is 11.6 Å². The monoisotopic (exact) mass is 379 g/mol. The van der Waals surface area contributed by atoms with E-state index in [9.17, 15) is 0 Å². The van der Waals surface area contributed by atoms with Gasteiger partial charge in [-0.3, -0.25) is 4.99 Å². The lowest BCUT2D eigenvalue weighted by Gasteiger charge is -2.13. The second-order valence-corrected chi connectivity index (χ2v) is 5.74. The largest absolute Gasteiger partial charge is 0.496 e. The fourth-order valence-electron chi connectivity index (χ4n) is 1.74. The molecule has 2 rings (SSSR count). The van der Waals surface area contributed by atoms with Crippen molar-refractivity contribution in [2.24, 2.45) is 4.99 Å². The molecule has 1 aliphatic heterocycles. The Balaban J connectivity index is 2.07. The van der Waals surface area contributed by atoms with Crippen LogP contribution < -0.4 is 15.4 Å². The molecule has 1 atom stereocenters. The van der Waals surface area contributed by atoms with E-state index in [0.29, 0.717) is 12.6 Å². The number of ether oxygens (including phenoxy) is 1. The first-order valence-corrected chi connectivity index (χ1v) is 7.12. The van der Waals surface area contributed by atoms with Crippen molar-refractivity contribution in [3.8, 4) is 5.75 Å². The molecule has 0 saturated carbocycles. The minimum absolute atomic E-state index is 0.398. The molecule has 1 aromatic carbocycles. The number of benzene rings is 1. The highest BCUT2D eigenvalue weighted by atomic mass is 127. The van der Waals surface area contributed by atoms with E-state index in [4.69, 9.17) is 16.3 Å². The van der Waals surface area contributed by atoms with Crippen LogP contribution in [-0.2, 0) is 6.54 Å². The number of nitrogens with one attached hydrogen (secondary N) is 2. The molecule has 18 heavy (non-hydrogen) atoms. The van der Waals surface area contributed by atoms with Gasteiger partial charge in [0.25, 0.3) is 0 Å². The maximum absolute atomic E-state index is 6.12. The molecule has 1 aliphatic rings. The fourth-order valence-corrected chi connectivity index (χ4v) is 2.36. The van der Waals surface area contributed by atoms with Crippen LogP contribution in [0.5, 0.6) is 5.75 Å². The van der Waals surface area contributed by atoms with E-state index in [1.165, 1.54) is 0 Å². The predicted molar refractivity (Wildman–Crippen MR) is 82.5 cm³/mol. The standard InChI is InChI=1S/C12H15ClIN3O/c1-7-5-15-12(17-7)16-6-8-3-9(13)10(14)4-11(8)18-2/h3-4,7H,5-6H2,1-2H3,(H2,15,16,17). The van der Waals surface area contributed by atoms with E-state index in [1.54, 1.807) is 7.11 Å². The molecular weight excluding hydrogens is 365 g/mol. The topological polar surface area (TPSA) is 45.6 Å². The van der Waals surface area contributed by atoms with Crippen molar-refractivity contribution >= 4 is 40.2 Å². The van der Waals surface area contributed by atoms with Crippen LogP contribution in [0.2, 0.25) is 5.02 Å². The Morgan fingerprint density at radius 2 is 2.39 bits per heavy atom. The van der Waals surface area contributed by atoms with Gasteiger partial charge in [0.2, 0.25) is 0 Å². The summed E-state index contributed by atoms with van der Waals surface area (Å²) in [4.78, 5) is 4.35. The Labute approximate surface area is 125 Å². The summed E-state index contributed by atoms with van der Waals surface area (Å²) in [6.45, 7) is 3.55. The average Bonchev–Trinajstić information content (AvgIpc) is 2.76. The van der Waals surface area contributed by atoms with E-state index in [2.05, 4.69) is 45.1 Å². The normalized spacial score (nSPS) is 18.2. The summed E-state index contributed by atoms with van der Waals surface area (Å²) in [7, 11) is 1.66. The number of rotatable bonds is 3. The Morgan fingerprint density at radius 1 is 1.61 bits per heavy atom. The highest BCUT2D eigenvalue weighted by Crippen LogP contribution is 2.28. The Morgan fingerprint density at radius 3 is 3.00 bits per heavy atom. The van der Waals surface area contributed by atoms with Crippen LogP contribution in [-0.4, -0.2) is 25.7 Å². The van der Waals surface area contributed by atoms with Gasteiger partial charge < -0.3 is 15.4 Å². The quantitative estimate of drug-likeness (QED) is 0.793. The molecule has 0 bridgehead atoms. The number of hydrogen-bond acceptors (Lipinski definition) is 4. The lowest BCUT2D eigenvalue weighted by molar-refractivity contribution is 0.408. The minimum atomic E-state index is 0.398. The van der Waals surface area contributed by atoms with Crippen molar-refractivity contribution in [3.63, 3.8) is 0 Å². The molecule has 4 nitrogen and oxygen atoms in total. The molecule has 0 fully saturated rings. The molecule has 0 aliphatic carbocycles. The molecule has 98 valence electrons. The summed E-state index contributed by atoms with van der Waals surface area (Å²) in [5.41, 5.74) is 1.02. The van der Waals surface area contributed by atoms with E-state index in [-0.39, 0.29) is 0 Å². The van der Waals surface area contributed by atoms with E-state index < -0.39 is 0 Å². The first-order valence-electron chi connectivity index (χ1n) is 5.67. The summed E-state index contributed by atoms with van der Waals surface area (Å²) in [5, 5.41) is 7.24. The van der Waals surface area contributed by atoms with Crippen LogP contribution in [0.25, 0.3) is 0 Å². The number of halogens is 2. The van der Waals surface area contributed by atoms with Crippen LogP contribution in [0.4, 0.5) is 0 Å². The Hall–Kier alpha value is -0.690. The van der Waals surface area contributed by atoms with Crippen molar-refractivity contribution in [1.82, 2.24) is 10.6 Å². The van der Waals surface area contributed by atoms with Gasteiger partial charge in [0.05, 0.1) is 18.7 Å². The summed E-state index contributed by atoms with van der Waals surface area (Å²) >= 11 is 8.32. The van der Waals surface area contributed by atoms with Gasteiger partial charge in [0.1, 0.15) is 5.75 Å². The smallest absolute Gasteiger partial charge is 0.191 e. The van der Waals surface area contributed by atoms with E-state index >= 15 is 0 Å². The summed E-state index contributed by atoms with van der Waals surface area (Å²) in [6.07, 6.45) is 0. The zero-order valence-electron chi connectivity index (χ0n) is 10.3. The Bertz CT molecular complexity index is 479. The third-order valence-corrected chi connectivity index (χ3v) is 4.20. The first-order chi connectivity index (χ1) is 8.60. The second-order valence-electron chi connectivity index (χ2n) is 4.17. The number of hydrogen-bond donors (Lipinski definition) is 2. The van der Waals surface area contributed by atoms with Gasteiger partial charge in [-0.05, 0) is 41.6 Å².